The van der Waals surface area contributed by atoms with E-state index in [-0.39, 0.29) is 69.8 Å². The van der Waals surface area contributed by atoms with Gasteiger partial charge in [0.05, 0.1) is 110 Å². The fraction of sp³-hybridized carbons (Fsp3) is 0.0984. The van der Waals surface area contributed by atoms with E-state index < -0.39 is 173 Å². The Kier molecular flexibility index (Phi) is 39.0. The summed E-state index contributed by atoms with van der Waals surface area (Å²) in [4.78, 5) is 103. The molecule has 9 rings (SSSR count). The standard InChI is InChI=1S/C7H2ClF3N2O4.C7H3ClF3NO2.C7H3ClN2O2.2C7H6ClNO2.C7H3F4NO2.C7H6FNO4S.C6H2Cl2FNO2.C6H3FN2O4/c8-6-4(7(9,10)11)1-3(12(14)15)2-5(6)13(16)17;8-5-2-1-4(7(9,10)11)3-6(5)12(13)14;8-6-2-1-5(4-9)3-7(6)10(11)12;1-5-2-3-6(8)7(4-5)9(10)11;1-5-3-2-4-6(7(5)8)9(10)11;8-5-2-1-4(7(9,10)11)3-6(5)12(13)14;1-14(12,13)5-2-3-6(8)7(4-5)9(10)11;7-3-1-5(9)6(10(11)12)2-4(3)8;7-5-2-1-4(8(10)11)3-6(5)9(12)13/h1-2H;1-3H;1-3H;2*2-4H,1H3;1-3H;2-4H,1H3;1-2H;1-3H. The second-order valence-electron chi connectivity index (χ2n) is 20.9. The van der Waals surface area contributed by atoms with Crippen LogP contribution in [0.5, 0.6) is 0 Å². The summed E-state index contributed by atoms with van der Waals surface area (Å²) in [6.45, 7) is 3.51. The van der Waals surface area contributed by atoms with Gasteiger partial charge < -0.3 is 0 Å². The van der Waals surface area contributed by atoms with Crippen LogP contribution in [-0.4, -0.2) is 68.8 Å². The average Bonchev–Trinajstić information content (AvgIpc) is 0.795. The second kappa shape index (κ2) is 44.7. The topological polar surface area (TPSA) is 532 Å². The number of aryl methyl sites for hydroxylation is 2. The maximum absolute atomic E-state index is 12.8. The third-order valence-electron chi connectivity index (χ3n) is 12.7. The summed E-state index contributed by atoms with van der Waals surface area (Å²) in [5, 5.41) is 120. The molecule has 118 heavy (non-hydrogen) atoms. The van der Waals surface area contributed by atoms with Crippen LogP contribution in [0.15, 0.2) is 157 Å². The van der Waals surface area contributed by atoms with Crippen LogP contribution in [0.25, 0.3) is 0 Å². The van der Waals surface area contributed by atoms with Crippen molar-refractivity contribution in [1.29, 1.82) is 5.26 Å². The highest BCUT2D eigenvalue weighted by Crippen LogP contribution is 2.43. The number of nitriles is 1. The molecule has 57 heteroatoms. The summed E-state index contributed by atoms with van der Waals surface area (Å²) in [6, 6.07) is 24.9. The first kappa shape index (κ1) is 103. The van der Waals surface area contributed by atoms with Crippen LogP contribution >= 0.6 is 81.2 Å². The molecule has 0 N–H and O–H groups in total. The summed E-state index contributed by atoms with van der Waals surface area (Å²) in [7, 11) is -3.55. The van der Waals surface area contributed by atoms with Crippen LogP contribution in [0, 0.1) is 160 Å². The number of hydrogen-bond acceptors (Lipinski definition) is 25. The number of alkyl halides is 9. The molecule has 0 spiro atoms. The number of benzene rings is 9. The second-order valence-corrected chi connectivity index (χ2v) is 25.7. The highest BCUT2D eigenvalue weighted by Gasteiger charge is 2.39. The molecule has 0 aliphatic heterocycles. The first-order chi connectivity index (χ1) is 54.0. The number of halogens is 20. The number of nitro groups is 11. The lowest BCUT2D eigenvalue weighted by Gasteiger charge is -2.08. The molecule has 0 radical (unpaired) electrons. The van der Waals surface area contributed by atoms with Gasteiger partial charge in [-0.25, -0.2) is 8.42 Å². The SMILES string of the molecule is CS(=O)(=O)c1ccc(F)c([N+](=O)[O-])c1.Cc1ccc(Cl)c([N+](=O)[O-])c1.Cc1cccc([N+](=O)[O-])c1Cl.N#Cc1ccc(Cl)c([N+](=O)[O-])c1.O=[N+]([O-])c1cc(C(F)(F)F)ccc1Cl.O=[N+]([O-])c1cc(C(F)(F)F)ccc1F.O=[N+]([O-])c1cc(Cl)c(Cl)cc1F.O=[N+]([O-])c1cc([N+](=O)[O-])c(Cl)c(C(F)(F)F)c1.O=[N+]([O-])c1ccc(F)c([N+](=O)[O-])c1. The van der Waals surface area contributed by atoms with E-state index in [0.717, 1.165) is 59.8 Å². The van der Waals surface area contributed by atoms with Gasteiger partial charge in [-0.2, -0.15) is 62.3 Å². The van der Waals surface area contributed by atoms with Crippen LogP contribution in [0.3, 0.4) is 0 Å². The van der Waals surface area contributed by atoms with Crippen molar-refractivity contribution >= 4 is 154 Å². The monoisotopic (exact) mass is 1840 g/mol. The van der Waals surface area contributed by atoms with Crippen molar-refractivity contribution in [2.24, 2.45) is 0 Å². The zero-order valence-corrected chi connectivity index (χ0v) is 63.2. The lowest BCUT2D eigenvalue weighted by atomic mass is 10.1. The van der Waals surface area contributed by atoms with Gasteiger partial charge in [0.25, 0.3) is 39.8 Å². The largest absolute Gasteiger partial charge is 0.418 e. The molecule has 0 saturated heterocycles. The van der Waals surface area contributed by atoms with Crippen molar-refractivity contribution < 1.29 is 120 Å². The van der Waals surface area contributed by atoms with Gasteiger partial charge in [-0.1, -0.05) is 99.4 Å². The van der Waals surface area contributed by atoms with E-state index in [0.29, 0.717) is 48.5 Å². The van der Waals surface area contributed by atoms with Crippen molar-refractivity contribution in [3.63, 3.8) is 0 Å². The van der Waals surface area contributed by atoms with Crippen molar-refractivity contribution in [1.82, 2.24) is 0 Å². The zero-order valence-electron chi connectivity index (χ0n) is 57.1. The molecular formula is C61H34Cl7F13N12O24S. The smallest absolute Gasteiger partial charge is 0.258 e. The van der Waals surface area contributed by atoms with Gasteiger partial charge in [-0.15, -0.1) is 0 Å². The number of nitrogens with zero attached hydrogens (tertiary/aromatic N) is 12. The molecule has 0 saturated carbocycles. The third kappa shape index (κ3) is 32.7. The Morgan fingerprint density at radius 3 is 1.08 bits per heavy atom. The third-order valence-corrected chi connectivity index (χ3v) is 16.4. The van der Waals surface area contributed by atoms with Gasteiger partial charge in [0.15, 0.2) is 9.84 Å². The number of rotatable bonds is 12. The van der Waals surface area contributed by atoms with Gasteiger partial charge in [-0.05, 0) is 85.6 Å². The molecule has 0 aliphatic carbocycles. The Hall–Kier alpha value is -13.1. The Bertz CT molecular complexity index is 5470. The van der Waals surface area contributed by atoms with Crippen LogP contribution in [-0.2, 0) is 28.4 Å². The van der Waals surface area contributed by atoms with Gasteiger partial charge in [0.1, 0.15) is 25.1 Å². The summed E-state index contributed by atoms with van der Waals surface area (Å²) < 4.78 is 182. The van der Waals surface area contributed by atoms with E-state index in [2.05, 4.69) is 0 Å². The van der Waals surface area contributed by atoms with Crippen molar-refractivity contribution in [2.45, 2.75) is 37.3 Å². The van der Waals surface area contributed by atoms with Crippen molar-refractivity contribution in [3.05, 3.63) is 355 Å². The number of sulfone groups is 1. The Balaban J connectivity index is 0.000000666. The lowest BCUT2D eigenvalue weighted by molar-refractivity contribution is -0.395. The number of non-ortho nitro benzene ring substituents is 2. The van der Waals surface area contributed by atoms with E-state index in [1.54, 1.807) is 38.1 Å². The summed E-state index contributed by atoms with van der Waals surface area (Å²) >= 11 is 38.0. The van der Waals surface area contributed by atoms with Gasteiger partial charge >= 0.3 is 41.3 Å². The molecule has 36 nitrogen and oxygen atoms in total. The van der Waals surface area contributed by atoms with Crippen molar-refractivity contribution in [3.8, 4) is 6.07 Å². The minimum absolute atomic E-state index is 0.0355. The predicted molar refractivity (Wildman–Crippen MR) is 388 cm³/mol. The molecule has 0 atom stereocenters. The van der Waals surface area contributed by atoms with Crippen LogP contribution in [0.2, 0.25) is 35.2 Å². The van der Waals surface area contributed by atoms with Gasteiger partial charge in [-0.3, -0.25) is 111 Å². The number of nitro benzene ring substituents is 11. The maximum atomic E-state index is 12.8. The van der Waals surface area contributed by atoms with Crippen LogP contribution < -0.4 is 0 Å². The Labute approximate surface area is 679 Å². The molecule has 9 aromatic carbocycles. The maximum Gasteiger partial charge on any atom is 0.418 e. The first-order valence-corrected chi connectivity index (χ1v) is 33.4. The molecule has 9 aromatic rings. The van der Waals surface area contributed by atoms with Crippen LogP contribution in [0.4, 0.5) is 120 Å². The molecule has 0 bridgehead atoms. The fourth-order valence-electron chi connectivity index (χ4n) is 7.22. The van der Waals surface area contributed by atoms with E-state index in [9.17, 15) is 177 Å². The quantitative estimate of drug-likeness (QED) is 0.0360. The number of hydrogen-bond donors (Lipinski definition) is 0. The molecule has 0 fully saturated rings. The first-order valence-electron chi connectivity index (χ1n) is 28.9. The minimum Gasteiger partial charge on any atom is -0.258 e. The molecule has 0 aliphatic rings. The summed E-state index contributed by atoms with van der Waals surface area (Å²) in [6.07, 6.45) is -13.4. The summed E-state index contributed by atoms with van der Waals surface area (Å²) in [5.41, 5.74) is -9.52. The average molecular weight is 1850 g/mol. The Morgan fingerprint density at radius 1 is 0.331 bits per heavy atom. The highest BCUT2D eigenvalue weighted by molar-refractivity contribution is 7.90. The van der Waals surface area contributed by atoms with Gasteiger partial charge in [0, 0.05) is 66.9 Å². The van der Waals surface area contributed by atoms with E-state index in [1.165, 1.54) is 30.3 Å². The lowest BCUT2D eigenvalue weighted by Crippen LogP contribution is -2.08. The minimum atomic E-state index is -5.01. The summed E-state index contributed by atoms with van der Waals surface area (Å²) in [5.74, 6) is -4.42. The highest BCUT2D eigenvalue weighted by atomic mass is 35.5. The molecule has 0 aromatic heterocycles. The molecule has 628 valence electrons. The van der Waals surface area contributed by atoms with Crippen LogP contribution in [0.1, 0.15) is 33.4 Å². The molecule has 0 heterocycles. The molecular weight excluding hydrogens is 1810 g/mol. The normalized spacial score (nSPS) is 10.5. The molecule has 0 unspecified atom stereocenters. The Morgan fingerprint density at radius 2 is 0.686 bits per heavy atom. The van der Waals surface area contributed by atoms with E-state index in [4.69, 9.17) is 86.5 Å². The zero-order chi connectivity index (χ0) is 91.5. The predicted octanol–water partition coefficient (Wildman–Crippen LogP) is 22.2. The fourth-order valence-corrected chi connectivity index (χ4v) is 9.21. The van der Waals surface area contributed by atoms with Crippen molar-refractivity contribution in [2.75, 3.05) is 6.26 Å². The van der Waals surface area contributed by atoms with E-state index >= 15 is 0 Å². The molecule has 0 amide bonds. The van der Waals surface area contributed by atoms with Gasteiger partial charge in [0.2, 0.25) is 23.3 Å². The van der Waals surface area contributed by atoms with E-state index in [1.807, 2.05) is 0 Å².